The summed E-state index contributed by atoms with van der Waals surface area (Å²) in [6, 6.07) is 11.9. The summed E-state index contributed by atoms with van der Waals surface area (Å²) in [5.74, 6) is 1.86. The first kappa shape index (κ1) is 13.4. The van der Waals surface area contributed by atoms with E-state index in [1.807, 2.05) is 55.5 Å². The standard InChI is InChI=1S/C16H19NO2/c1-2-6-14-7-3-4-9-16(14)19-12-10-17-13-15-8-5-11-18-15/h2-9,11,17H,10,12-13H2,1H3. The van der Waals surface area contributed by atoms with E-state index in [1.165, 1.54) is 0 Å². The number of benzene rings is 1. The highest BCUT2D eigenvalue weighted by atomic mass is 16.5. The highest BCUT2D eigenvalue weighted by Crippen LogP contribution is 2.19. The van der Waals surface area contributed by atoms with E-state index in [0.29, 0.717) is 6.61 Å². The molecule has 19 heavy (non-hydrogen) atoms. The predicted octanol–water partition coefficient (Wildman–Crippen LogP) is 3.48. The number of allylic oxidation sites excluding steroid dienone is 1. The Hall–Kier alpha value is -2.00. The van der Waals surface area contributed by atoms with Crippen LogP contribution in [0.4, 0.5) is 0 Å². The Morgan fingerprint density at radius 3 is 2.89 bits per heavy atom. The molecule has 0 radical (unpaired) electrons. The van der Waals surface area contributed by atoms with Gasteiger partial charge in [0.1, 0.15) is 18.1 Å². The maximum absolute atomic E-state index is 5.76. The Morgan fingerprint density at radius 2 is 2.11 bits per heavy atom. The summed E-state index contributed by atoms with van der Waals surface area (Å²) in [6.45, 7) is 4.15. The Kier molecular flexibility index (Phi) is 5.26. The van der Waals surface area contributed by atoms with E-state index in [2.05, 4.69) is 5.32 Å². The molecule has 0 aliphatic heterocycles. The highest BCUT2D eigenvalue weighted by molar-refractivity contribution is 5.56. The molecule has 0 spiro atoms. The van der Waals surface area contributed by atoms with E-state index in [-0.39, 0.29) is 0 Å². The molecule has 2 rings (SSSR count). The topological polar surface area (TPSA) is 34.4 Å². The van der Waals surface area contributed by atoms with Crippen molar-refractivity contribution in [2.24, 2.45) is 0 Å². The molecule has 3 heteroatoms. The second kappa shape index (κ2) is 7.44. The van der Waals surface area contributed by atoms with Gasteiger partial charge in [0.2, 0.25) is 0 Å². The fraction of sp³-hybridized carbons (Fsp3) is 0.250. The first-order valence-electron chi connectivity index (χ1n) is 6.48. The van der Waals surface area contributed by atoms with Crippen LogP contribution >= 0.6 is 0 Å². The first-order valence-corrected chi connectivity index (χ1v) is 6.48. The number of rotatable bonds is 7. The zero-order valence-electron chi connectivity index (χ0n) is 11.1. The van der Waals surface area contributed by atoms with E-state index in [9.17, 15) is 0 Å². The van der Waals surface area contributed by atoms with Crippen LogP contribution in [0.5, 0.6) is 5.75 Å². The molecular formula is C16H19NO2. The van der Waals surface area contributed by atoms with Crippen molar-refractivity contribution in [3.05, 3.63) is 60.1 Å². The summed E-state index contributed by atoms with van der Waals surface area (Å²) in [7, 11) is 0. The summed E-state index contributed by atoms with van der Waals surface area (Å²) in [5, 5.41) is 3.27. The van der Waals surface area contributed by atoms with Crippen LogP contribution in [0.1, 0.15) is 18.2 Å². The second-order valence-corrected chi connectivity index (χ2v) is 4.14. The van der Waals surface area contributed by atoms with Crippen LogP contribution in [0.25, 0.3) is 6.08 Å². The monoisotopic (exact) mass is 257 g/mol. The zero-order valence-corrected chi connectivity index (χ0v) is 11.1. The van der Waals surface area contributed by atoms with E-state index in [1.54, 1.807) is 6.26 Å². The SMILES string of the molecule is CC=Cc1ccccc1OCCNCc1ccco1. The largest absolute Gasteiger partial charge is 0.492 e. The van der Waals surface area contributed by atoms with Crippen molar-refractivity contribution in [1.29, 1.82) is 0 Å². The maximum Gasteiger partial charge on any atom is 0.126 e. The minimum atomic E-state index is 0.634. The van der Waals surface area contributed by atoms with Gasteiger partial charge in [0.25, 0.3) is 0 Å². The van der Waals surface area contributed by atoms with Crippen LogP contribution in [0.3, 0.4) is 0 Å². The molecule has 0 saturated heterocycles. The van der Waals surface area contributed by atoms with Gasteiger partial charge in [-0.05, 0) is 25.1 Å². The molecule has 1 N–H and O–H groups in total. The average Bonchev–Trinajstić information content (AvgIpc) is 2.94. The molecular weight excluding hydrogens is 238 g/mol. The summed E-state index contributed by atoms with van der Waals surface area (Å²) in [4.78, 5) is 0. The lowest BCUT2D eigenvalue weighted by Crippen LogP contribution is -2.20. The zero-order chi connectivity index (χ0) is 13.3. The van der Waals surface area contributed by atoms with Crippen LogP contribution in [-0.4, -0.2) is 13.2 Å². The molecule has 0 aliphatic rings. The molecule has 0 unspecified atom stereocenters. The lowest BCUT2D eigenvalue weighted by atomic mass is 10.2. The van der Waals surface area contributed by atoms with Crippen molar-refractivity contribution in [2.45, 2.75) is 13.5 Å². The van der Waals surface area contributed by atoms with Gasteiger partial charge < -0.3 is 14.5 Å². The van der Waals surface area contributed by atoms with Crippen LogP contribution in [-0.2, 0) is 6.54 Å². The molecule has 0 aliphatic carbocycles. The molecule has 0 saturated carbocycles. The smallest absolute Gasteiger partial charge is 0.126 e. The third-order valence-corrected chi connectivity index (χ3v) is 2.68. The molecule has 1 heterocycles. The third kappa shape index (κ3) is 4.30. The molecule has 0 amide bonds. The second-order valence-electron chi connectivity index (χ2n) is 4.14. The highest BCUT2D eigenvalue weighted by Gasteiger charge is 1.99. The Morgan fingerprint density at radius 1 is 1.21 bits per heavy atom. The molecule has 0 fully saturated rings. The van der Waals surface area contributed by atoms with Crippen molar-refractivity contribution >= 4 is 6.08 Å². The van der Waals surface area contributed by atoms with Gasteiger partial charge in [-0.25, -0.2) is 0 Å². The minimum Gasteiger partial charge on any atom is -0.492 e. The fourth-order valence-corrected chi connectivity index (χ4v) is 1.79. The summed E-state index contributed by atoms with van der Waals surface area (Å²) in [6.07, 6.45) is 5.74. The molecule has 0 bridgehead atoms. The average molecular weight is 257 g/mol. The molecule has 100 valence electrons. The molecule has 3 nitrogen and oxygen atoms in total. The summed E-state index contributed by atoms with van der Waals surface area (Å²) in [5.41, 5.74) is 1.11. The van der Waals surface area contributed by atoms with Crippen molar-refractivity contribution in [3.63, 3.8) is 0 Å². The first-order chi connectivity index (χ1) is 9.40. The molecule has 1 aromatic heterocycles. The van der Waals surface area contributed by atoms with Gasteiger partial charge in [-0.3, -0.25) is 0 Å². The lowest BCUT2D eigenvalue weighted by molar-refractivity contribution is 0.310. The number of hydrogen-bond donors (Lipinski definition) is 1. The number of nitrogens with one attached hydrogen (secondary N) is 1. The van der Waals surface area contributed by atoms with E-state index in [0.717, 1.165) is 30.2 Å². The van der Waals surface area contributed by atoms with Gasteiger partial charge in [0, 0.05) is 12.1 Å². The van der Waals surface area contributed by atoms with Crippen molar-refractivity contribution in [2.75, 3.05) is 13.2 Å². The Balaban J connectivity index is 1.73. The van der Waals surface area contributed by atoms with Crippen molar-refractivity contribution < 1.29 is 9.15 Å². The van der Waals surface area contributed by atoms with Crippen molar-refractivity contribution in [1.82, 2.24) is 5.32 Å². The number of hydrogen-bond acceptors (Lipinski definition) is 3. The molecule has 2 aromatic rings. The number of furan rings is 1. The van der Waals surface area contributed by atoms with Crippen LogP contribution in [0, 0.1) is 0 Å². The molecule has 0 atom stereocenters. The minimum absolute atomic E-state index is 0.634. The van der Waals surface area contributed by atoms with Crippen LogP contribution in [0.15, 0.2) is 53.2 Å². The summed E-state index contributed by atoms with van der Waals surface area (Å²) >= 11 is 0. The van der Waals surface area contributed by atoms with Crippen molar-refractivity contribution in [3.8, 4) is 5.75 Å². The Bertz CT molecular complexity index is 503. The lowest BCUT2D eigenvalue weighted by Gasteiger charge is -2.09. The van der Waals surface area contributed by atoms with Gasteiger partial charge in [-0.1, -0.05) is 30.4 Å². The maximum atomic E-state index is 5.76. The summed E-state index contributed by atoms with van der Waals surface area (Å²) < 4.78 is 11.0. The van der Waals surface area contributed by atoms with E-state index < -0.39 is 0 Å². The van der Waals surface area contributed by atoms with Crippen LogP contribution < -0.4 is 10.1 Å². The van der Waals surface area contributed by atoms with Gasteiger partial charge in [-0.2, -0.15) is 0 Å². The van der Waals surface area contributed by atoms with Gasteiger partial charge in [0.05, 0.1) is 12.8 Å². The predicted molar refractivity (Wildman–Crippen MR) is 77.1 cm³/mol. The normalized spacial score (nSPS) is 11.0. The molecule has 1 aromatic carbocycles. The van der Waals surface area contributed by atoms with Crippen LogP contribution in [0.2, 0.25) is 0 Å². The van der Waals surface area contributed by atoms with E-state index in [4.69, 9.17) is 9.15 Å². The van der Waals surface area contributed by atoms with E-state index >= 15 is 0 Å². The Labute approximate surface area is 113 Å². The number of para-hydroxylation sites is 1. The number of ether oxygens (including phenoxy) is 1. The van der Waals surface area contributed by atoms with Gasteiger partial charge in [-0.15, -0.1) is 0 Å². The van der Waals surface area contributed by atoms with Gasteiger partial charge in [0.15, 0.2) is 0 Å². The quantitative estimate of drug-likeness (QED) is 0.771. The van der Waals surface area contributed by atoms with Gasteiger partial charge >= 0.3 is 0 Å². The third-order valence-electron chi connectivity index (χ3n) is 2.68. The fourth-order valence-electron chi connectivity index (χ4n) is 1.79.